The largest absolute Gasteiger partial charge is 0.274 e. The highest BCUT2D eigenvalue weighted by Gasteiger charge is 2.18. The highest BCUT2D eigenvalue weighted by Crippen LogP contribution is 2.33. The molecule has 26 heavy (non-hydrogen) atoms. The van der Waals surface area contributed by atoms with Crippen molar-refractivity contribution in [3.8, 4) is 0 Å². The van der Waals surface area contributed by atoms with Gasteiger partial charge in [-0.15, -0.1) is 22.7 Å². The van der Waals surface area contributed by atoms with Gasteiger partial charge in [0.25, 0.3) is 0 Å². The number of rotatable bonds is 5. The summed E-state index contributed by atoms with van der Waals surface area (Å²) in [6.07, 6.45) is 1.60. The molecule has 0 spiro atoms. The number of aromatic nitrogens is 3. The third-order valence-corrected chi connectivity index (χ3v) is 6.38. The summed E-state index contributed by atoms with van der Waals surface area (Å²) in [7, 11) is 0. The first-order valence-electron chi connectivity index (χ1n) is 7.83. The van der Waals surface area contributed by atoms with Crippen molar-refractivity contribution in [3.05, 3.63) is 59.2 Å². The Labute approximate surface area is 162 Å². The van der Waals surface area contributed by atoms with Crippen LogP contribution in [0.3, 0.4) is 0 Å². The molecule has 3 aromatic heterocycles. The third kappa shape index (κ3) is 3.48. The number of amides is 1. The average molecular weight is 399 g/mol. The van der Waals surface area contributed by atoms with Crippen LogP contribution in [0.4, 0.5) is 10.8 Å². The quantitative estimate of drug-likeness (QED) is 0.345. The van der Waals surface area contributed by atoms with Gasteiger partial charge in [-0.25, -0.2) is 15.0 Å². The van der Waals surface area contributed by atoms with Gasteiger partial charge in [0.05, 0.1) is 11.4 Å². The third-order valence-electron chi connectivity index (χ3n) is 3.64. The van der Waals surface area contributed by atoms with Gasteiger partial charge < -0.3 is 0 Å². The topological polar surface area (TPSA) is 59.0 Å². The Balaban J connectivity index is 1.54. The van der Waals surface area contributed by atoms with Gasteiger partial charge in [0.1, 0.15) is 16.2 Å². The van der Waals surface area contributed by atoms with E-state index in [1.54, 1.807) is 41.2 Å². The van der Waals surface area contributed by atoms with Crippen LogP contribution in [0, 0.1) is 0 Å². The normalized spacial score (nSPS) is 11.0. The number of hydrogen-bond acceptors (Lipinski definition) is 7. The second-order valence-electron chi connectivity index (χ2n) is 5.42. The lowest BCUT2D eigenvalue weighted by molar-refractivity contribution is -0.115. The summed E-state index contributed by atoms with van der Waals surface area (Å²) in [4.78, 5) is 28.1. The number of carbonyl (C=O) groups excluding carboxylic acids is 1. The Hall–Kier alpha value is -2.29. The number of benzene rings is 1. The number of thioether (sulfide) groups is 1. The zero-order valence-electron chi connectivity index (χ0n) is 13.8. The van der Waals surface area contributed by atoms with E-state index < -0.39 is 0 Å². The van der Waals surface area contributed by atoms with Crippen molar-refractivity contribution in [2.75, 3.05) is 4.90 Å². The maximum absolute atomic E-state index is 12.1. The van der Waals surface area contributed by atoms with Gasteiger partial charge in [0.2, 0.25) is 5.91 Å². The maximum Gasteiger partial charge on any atom is 0.230 e. The lowest BCUT2D eigenvalue weighted by atomic mass is 10.3. The van der Waals surface area contributed by atoms with Crippen LogP contribution in [0.5, 0.6) is 0 Å². The number of carbonyl (C=O) groups is 1. The fourth-order valence-electron chi connectivity index (χ4n) is 2.49. The van der Waals surface area contributed by atoms with Crippen LogP contribution in [-0.4, -0.2) is 20.9 Å². The van der Waals surface area contributed by atoms with E-state index >= 15 is 0 Å². The molecule has 8 heteroatoms. The molecule has 0 aliphatic carbocycles. The molecule has 0 fully saturated rings. The first kappa shape index (κ1) is 17.1. The molecule has 0 atom stereocenters. The Kier molecular flexibility index (Phi) is 4.96. The Morgan fingerprint density at radius 2 is 2.00 bits per heavy atom. The van der Waals surface area contributed by atoms with Crippen LogP contribution in [0.2, 0.25) is 0 Å². The van der Waals surface area contributed by atoms with Gasteiger partial charge in [0.15, 0.2) is 5.13 Å². The van der Waals surface area contributed by atoms with E-state index in [0.29, 0.717) is 10.9 Å². The standard InChI is InChI=1S/C18H14N4OS3/c1-12(23)22(14-5-3-2-4-6-14)18-21-13(10-26-18)9-25-17-15-7-8-24-16(15)19-11-20-17/h2-8,10-11H,9H2,1H3. The molecule has 0 N–H and O–H groups in total. The molecule has 3 heterocycles. The lowest BCUT2D eigenvalue weighted by Gasteiger charge is -2.17. The number of para-hydroxylation sites is 1. The molecule has 0 aliphatic heterocycles. The molecular formula is C18H14N4OS3. The summed E-state index contributed by atoms with van der Waals surface area (Å²) < 4.78 is 0. The van der Waals surface area contributed by atoms with Crippen molar-refractivity contribution in [1.29, 1.82) is 0 Å². The number of thiophene rings is 1. The smallest absolute Gasteiger partial charge is 0.230 e. The maximum atomic E-state index is 12.1. The molecule has 0 bridgehead atoms. The number of nitrogens with zero attached hydrogens (tertiary/aromatic N) is 4. The molecule has 0 aliphatic rings. The second-order valence-corrected chi connectivity index (χ2v) is 8.11. The first-order chi connectivity index (χ1) is 12.7. The monoisotopic (exact) mass is 398 g/mol. The molecule has 5 nitrogen and oxygen atoms in total. The molecular weight excluding hydrogens is 384 g/mol. The second kappa shape index (κ2) is 7.53. The predicted octanol–water partition coefficient (Wildman–Crippen LogP) is 5.12. The fourth-order valence-corrected chi connectivity index (χ4v) is 5.16. The van der Waals surface area contributed by atoms with E-state index in [2.05, 4.69) is 15.0 Å². The molecule has 4 aromatic rings. The van der Waals surface area contributed by atoms with Crippen molar-refractivity contribution in [2.45, 2.75) is 17.7 Å². The van der Waals surface area contributed by atoms with Crippen molar-refractivity contribution in [1.82, 2.24) is 15.0 Å². The van der Waals surface area contributed by atoms with Crippen molar-refractivity contribution in [2.24, 2.45) is 0 Å². The van der Waals surface area contributed by atoms with E-state index in [-0.39, 0.29) is 5.91 Å². The van der Waals surface area contributed by atoms with Crippen LogP contribution in [0.25, 0.3) is 10.2 Å². The van der Waals surface area contributed by atoms with Crippen molar-refractivity contribution in [3.63, 3.8) is 0 Å². The van der Waals surface area contributed by atoms with Crippen molar-refractivity contribution >= 4 is 61.4 Å². The Bertz CT molecular complexity index is 1040. The molecule has 1 aromatic carbocycles. The van der Waals surface area contributed by atoms with Gasteiger partial charge in [-0.1, -0.05) is 30.0 Å². The van der Waals surface area contributed by atoms with Gasteiger partial charge in [-0.3, -0.25) is 9.69 Å². The number of thiazole rings is 1. The van der Waals surface area contributed by atoms with Crippen LogP contribution in [-0.2, 0) is 10.5 Å². The average Bonchev–Trinajstić information content (AvgIpc) is 3.30. The number of anilines is 2. The minimum absolute atomic E-state index is 0.0551. The molecule has 4 rings (SSSR count). The van der Waals surface area contributed by atoms with Crippen LogP contribution in [0.15, 0.2) is 58.5 Å². The molecule has 1 amide bonds. The van der Waals surface area contributed by atoms with E-state index in [1.165, 1.54) is 11.3 Å². The van der Waals surface area contributed by atoms with E-state index in [4.69, 9.17) is 0 Å². The van der Waals surface area contributed by atoms with Crippen LogP contribution < -0.4 is 4.90 Å². The number of fused-ring (bicyclic) bond motifs is 1. The van der Waals surface area contributed by atoms with E-state index in [1.807, 2.05) is 47.2 Å². The minimum atomic E-state index is -0.0551. The lowest BCUT2D eigenvalue weighted by Crippen LogP contribution is -2.22. The Morgan fingerprint density at radius 1 is 1.15 bits per heavy atom. The molecule has 130 valence electrons. The van der Waals surface area contributed by atoms with Gasteiger partial charge >= 0.3 is 0 Å². The molecule has 0 radical (unpaired) electrons. The summed E-state index contributed by atoms with van der Waals surface area (Å²) in [5.41, 5.74) is 1.75. The summed E-state index contributed by atoms with van der Waals surface area (Å²) in [6, 6.07) is 11.6. The molecule has 0 saturated carbocycles. The van der Waals surface area contributed by atoms with Crippen molar-refractivity contribution < 1.29 is 4.79 Å². The summed E-state index contributed by atoms with van der Waals surface area (Å²) in [6.45, 7) is 1.55. The van der Waals surface area contributed by atoms with Gasteiger partial charge in [-0.05, 0) is 23.6 Å². The first-order valence-corrected chi connectivity index (χ1v) is 10.6. The summed E-state index contributed by atoms with van der Waals surface area (Å²) in [5, 5.41) is 6.73. The molecule has 0 unspecified atom stereocenters. The summed E-state index contributed by atoms with van der Waals surface area (Å²) in [5.74, 6) is 0.638. The molecule has 0 saturated heterocycles. The highest BCUT2D eigenvalue weighted by molar-refractivity contribution is 7.98. The van der Waals surface area contributed by atoms with Crippen LogP contribution >= 0.6 is 34.4 Å². The van der Waals surface area contributed by atoms with Gasteiger partial charge in [-0.2, -0.15) is 0 Å². The zero-order chi connectivity index (χ0) is 17.9. The van der Waals surface area contributed by atoms with E-state index in [0.717, 1.165) is 26.6 Å². The van der Waals surface area contributed by atoms with Crippen LogP contribution in [0.1, 0.15) is 12.6 Å². The zero-order valence-corrected chi connectivity index (χ0v) is 16.3. The minimum Gasteiger partial charge on any atom is -0.274 e. The predicted molar refractivity (Wildman–Crippen MR) is 108 cm³/mol. The fraction of sp³-hybridized carbons (Fsp3) is 0.111. The van der Waals surface area contributed by atoms with Gasteiger partial charge in [0, 0.05) is 23.4 Å². The highest BCUT2D eigenvalue weighted by atomic mass is 32.2. The SMILES string of the molecule is CC(=O)N(c1ccccc1)c1nc(CSc2ncnc3sccc23)cs1. The number of hydrogen-bond donors (Lipinski definition) is 0. The summed E-state index contributed by atoms with van der Waals surface area (Å²) >= 11 is 4.71. The van der Waals surface area contributed by atoms with E-state index in [9.17, 15) is 4.79 Å². The Morgan fingerprint density at radius 3 is 2.81 bits per heavy atom.